The molecule has 0 aliphatic rings. The van der Waals surface area contributed by atoms with Crippen molar-refractivity contribution in [3.8, 4) is 0 Å². The summed E-state index contributed by atoms with van der Waals surface area (Å²) in [5.74, 6) is 0. The third-order valence-corrected chi connectivity index (χ3v) is 4.24. The number of anilines is 1. The minimum atomic E-state index is -0.707. The van der Waals surface area contributed by atoms with Crippen molar-refractivity contribution in [2.45, 2.75) is 12.6 Å². The molecule has 3 aromatic rings. The highest BCUT2D eigenvalue weighted by Gasteiger charge is 2.11. The first-order chi connectivity index (χ1) is 11.7. The predicted molar refractivity (Wildman–Crippen MR) is 94.1 cm³/mol. The summed E-state index contributed by atoms with van der Waals surface area (Å²) >= 11 is 1.51. The topological polar surface area (TPSA) is 79.2 Å². The van der Waals surface area contributed by atoms with Crippen LogP contribution in [-0.4, -0.2) is 27.5 Å². The van der Waals surface area contributed by atoms with Crippen molar-refractivity contribution >= 4 is 23.1 Å². The number of nitrogens with zero attached hydrogens (tertiary/aromatic N) is 2. The first kappa shape index (κ1) is 16.2. The number of carbonyl (C=O) groups excluding carboxylic acids is 1. The van der Waals surface area contributed by atoms with Crippen molar-refractivity contribution in [3.05, 3.63) is 70.7 Å². The van der Waals surface area contributed by atoms with Gasteiger partial charge in [-0.25, -0.2) is 4.79 Å². The van der Waals surface area contributed by atoms with E-state index in [9.17, 15) is 9.90 Å². The second-order valence-corrected chi connectivity index (χ2v) is 6.05. The number of aromatic nitrogens is 2. The number of para-hydroxylation sites is 1. The fourth-order valence-corrected chi connectivity index (χ4v) is 2.99. The maximum absolute atomic E-state index is 12.1. The number of aliphatic hydroxyl groups is 1. The lowest BCUT2D eigenvalue weighted by Crippen LogP contribution is -2.32. The summed E-state index contributed by atoms with van der Waals surface area (Å²) in [6, 6.07) is 10.9. The van der Waals surface area contributed by atoms with Crippen molar-refractivity contribution in [1.29, 1.82) is 0 Å². The Balaban J connectivity index is 1.58. The van der Waals surface area contributed by atoms with E-state index in [4.69, 9.17) is 0 Å². The molecule has 0 spiro atoms. The molecule has 0 saturated heterocycles. The summed E-state index contributed by atoms with van der Waals surface area (Å²) < 4.78 is 1.79. The molecule has 2 amide bonds. The summed E-state index contributed by atoms with van der Waals surface area (Å²) in [6.45, 7) is 0.727. The third kappa shape index (κ3) is 4.21. The van der Waals surface area contributed by atoms with Crippen LogP contribution >= 0.6 is 11.3 Å². The van der Waals surface area contributed by atoms with Crippen LogP contribution in [0.15, 0.2) is 59.6 Å². The molecule has 2 heterocycles. The monoisotopic (exact) mass is 342 g/mol. The van der Waals surface area contributed by atoms with Crippen LogP contribution in [0.3, 0.4) is 0 Å². The fraction of sp³-hybridized carbons (Fsp3) is 0.176. The second kappa shape index (κ2) is 7.76. The van der Waals surface area contributed by atoms with E-state index in [1.54, 1.807) is 10.9 Å². The molecule has 24 heavy (non-hydrogen) atoms. The molecule has 0 bridgehead atoms. The van der Waals surface area contributed by atoms with E-state index in [1.165, 1.54) is 11.3 Å². The van der Waals surface area contributed by atoms with E-state index in [-0.39, 0.29) is 12.6 Å². The van der Waals surface area contributed by atoms with E-state index < -0.39 is 6.10 Å². The average molecular weight is 342 g/mol. The number of thiophene rings is 1. The van der Waals surface area contributed by atoms with Crippen molar-refractivity contribution in [3.63, 3.8) is 0 Å². The van der Waals surface area contributed by atoms with Crippen LogP contribution in [0.25, 0.3) is 0 Å². The Kier molecular flexibility index (Phi) is 5.25. The zero-order chi connectivity index (χ0) is 16.8. The molecule has 3 N–H and O–H groups in total. The molecule has 0 fully saturated rings. The van der Waals surface area contributed by atoms with E-state index in [1.807, 2.05) is 53.4 Å². The Morgan fingerprint density at radius 2 is 2.17 bits per heavy atom. The Labute approximate surface area is 143 Å². The number of urea groups is 1. The average Bonchev–Trinajstić information content (AvgIpc) is 3.28. The molecule has 0 aliphatic carbocycles. The van der Waals surface area contributed by atoms with Crippen LogP contribution in [0.1, 0.15) is 17.2 Å². The summed E-state index contributed by atoms with van der Waals surface area (Å²) in [7, 11) is 0. The highest BCUT2D eigenvalue weighted by atomic mass is 32.1. The minimum absolute atomic E-state index is 0.157. The summed E-state index contributed by atoms with van der Waals surface area (Å²) in [6.07, 6.45) is 2.88. The molecular weight excluding hydrogens is 324 g/mol. The van der Waals surface area contributed by atoms with Gasteiger partial charge >= 0.3 is 6.03 Å². The number of rotatable bonds is 6. The van der Waals surface area contributed by atoms with Gasteiger partial charge in [0.2, 0.25) is 0 Å². The maximum Gasteiger partial charge on any atom is 0.319 e. The highest BCUT2D eigenvalue weighted by molar-refractivity contribution is 7.07. The van der Waals surface area contributed by atoms with Gasteiger partial charge in [0.1, 0.15) is 0 Å². The zero-order valence-electron chi connectivity index (χ0n) is 12.9. The summed E-state index contributed by atoms with van der Waals surface area (Å²) in [4.78, 5) is 12.1. The normalized spacial score (nSPS) is 11.9. The number of hydrogen-bond donors (Lipinski definition) is 3. The Morgan fingerprint density at radius 3 is 2.92 bits per heavy atom. The molecule has 124 valence electrons. The van der Waals surface area contributed by atoms with Gasteiger partial charge in [-0.1, -0.05) is 18.2 Å². The summed E-state index contributed by atoms with van der Waals surface area (Å²) in [5, 5.41) is 23.4. The van der Waals surface area contributed by atoms with Gasteiger partial charge in [-0.05, 0) is 40.1 Å². The molecular formula is C17H18N4O2S. The van der Waals surface area contributed by atoms with Gasteiger partial charge in [-0.15, -0.1) is 0 Å². The minimum Gasteiger partial charge on any atom is -0.387 e. The molecule has 3 rings (SSSR count). The van der Waals surface area contributed by atoms with Gasteiger partial charge in [0.05, 0.1) is 12.6 Å². The number of carbonyl (C=O) groups is 1. The largest absolute Gasteiger partial charge is 0.387 e. The van der Waals surface area contributed by atoms with Gasteiger partial charge in [-0.2, -0.15) is 16.4 Å². The van der Waals surface area contributed by atoms with Crippen molar-refractivity contribution in [2.24, 2.45) is 0 Å². The van der Waals surface area contributed by atoms with Crippen LogP contribution in [0.4, 0.5) is 10.5 Å². The number of aliphatic hydroxyl groups excluding tert-OH is 1. The predicted octanol–water partition coefficient (Wildman–Crippen LogP) is 2.85. The summed E-state index contributed by atoms with van der Waals surface area (Å²) in [5.41, 5.74) is 2.48. The molecule has 2 aromatic heterocycles. The van der Waals surface area contributed by atoms with E-state index in [0.717, 1.165) is 16.8 Å². The number of hydrogen-bond acceptors (Lipinski definition) is 4. The smallest absolute Gasteiger partial charge is 0.319 e. The Bertz CT molecular complexity index is 772. The lowest BCUT2D eigenvalue weighted by Gasteiger charge is -2.14. The van der Waals surface area contributed by atoms with Crippen molar-refractivity contribution in [2.75, 3.05) is 11.9 Å². The Hall–Kier alpha value is -2.64. The van der Waals surface area contributed by atoms with E-state index in [2.05, 4.69) is 15.7 Å². The van der Waals surface area contributed by atoms with Crippen molar-refractivity contribution in [1.82, 2.24) is 15.1 Å². The first-order valence-corrected chi connectivity index (χ1v) is 8.47. The molecule has 0 radical (unpaired) electrons. The van der Waals surface area contributed by atoms with Crippen LogP contribution in [0, 0.1) is 0 Å². The van der Waals surface area contributed by atoms with Gasteiger partial charge in [0.15, 0.2) is 0 Å². The molecule has 7 heteroatoms. The van der Waals surface area contributed by atoms with Crippen molar-refractivity contribution < 1.29 is 9.90 Å². The van der Waals surface area contributed by atoms with Gasteiger partial charge in [-0.3, -0.25) is 4.68 Å². The molecule has 1 aromatic carbocycles. The van der Waals surface area contributed by atoms with Gasteiger partial charge in [0.25, 0.3) is 0 Å². The molecule has 0 saturated carbocycles. The quantitative estimate of drug-likeness (QED) is 0.644. The number of amides is 2. The SMILES string of the molecule is O=C(NC[C@@H](O)c1ccsc1)Nc1ccccc1Cn1cccn1. The lowest BCUT2D eigenvalue weighted by atomic mass is 10.2. The fourth-order valence-electron chi connectivity index (χ4n) is 2.29. The third-order valence-electron chi connectivity index (χ3n) is 3.54. The molecule has 6 nitrogen and oxygen atoms in total. The van der Waals surface area contributed by atoms with E-state index in [0.29, 0.717) is 6.54 Å². The standard InChI is InChI=1S/C17H18N4O2S/c22-16(14-6-9-24-12-14)10-18-17(23)20-15-5-2-1-4-13(15)11-21-8-3-7-19-21/h1-9,12,16,22H,10-11H2,(H2,18,20,23)/t16-/m1/s1. The Morgan fingerprint density at radius 1 is 1.29 bits per heavy atom. The maximum atomic E-state index is 12.1. The second-order valence-electron chi connectivity index (χ2n) is 5.27. The first-order valence-electron chi connectivity index (χ1n) is 7.53. The molecule has 0 aliphatic heterocycles. The molecule has 0 unspecified atom stereocenters. The van der Waals surface area contributed by atoms with Crippen LogP contribution in [0.5, 0.6) is 0 Å². The van der Waals surface area contributed by atoms with Gasteiger partial charge in [0, 0.05) is 24.6 Å². The zero-order valence-corrected chi connectivity index (χ0v) is 13.7. The van der Waals surface area contributed by atoms with Crippen LogP contribution < -0.4 is 10.6 Å². The van der Waals surface area contributed by atoms with E-state index >= 15 is 0 Å². The van der Waals surface area contributed by atoms with Crippen LogP contribution in [-0.2, 0) is 6.54 Å². The number of benzene rings is 1. The van der Waals surface area contributed by atoms with Gasteiger partial charge < -0.3 is 15.7 Å². The highest BCUT2D eigenvalue weighted by Crippen LogP contribution is 2.17. The molecule has 1 atom stereocenters. The number of nitrogens with one attached hydrogen (secondary N) is 2. The van der Waals surface area contributed by atoms with Crippen LogP contribution in [0.2, 0.25) is 0 Å². The lowest BCUT2D eigenvalue weighted by molar-refractivity contribution is 0.175.